The summed E-state index contributed by atoms with van der Waals surface area (Å²) in [5.74, 6) is -3.47. The maximum atomic E-state index is 14.0. The Morgan fingerprint density at radius 1 is 0.950 bits per heavy atom. The summed E-state index contributed by atoms with van der Waals surface area (Å²) in [5, 5.41) is 2.95. The monoisotopic (exact) mass is 635 g/mol. The fourth-order valence-corrected chi connectivity index (χ4v) is 5.37. The molecule has 7 nitrogen and oxygen atoms in total. The highest BCUT2D eigenvalue weighted by atomic mass is 79.9. The Morgan fingerprint density at radius 3 is 2.23 bits per heavy atom. The van der Waals surface area contributed by atoms with Crippen molar-refractivity contribution in [1.82, 2.24) is 10.2 Å². The topological polar surface area (TPSA) is 86.8 Å². The van der Waals surface area contributed by atoms with E-state index in [0.717, 1.165) is 34.5 Å². The quantitative estimate of drug-likeness (QED) is 0.302. The molecule has 0 fully saturated rings. The van der Waals surface area contributed by atoms with Crippen LogP contribution < -0.4 is 9.62 Å². The molecule has 0 aliphatic heterocycles. The molecular weight excluding hydrogens is 604 g/mol. The van der Waals surface area contributed by atoms with Crippen molar-refractivity contribution in [1.29, 1.82) is 0 Å². The highest BCUT2D eigenvalue weighted by Gasteiger charge is 2.33. The second kappa shape index (κ2) is 13.8. The number of nitrogens with zero attached hydrogens (tertiary/aromatic N) is 2. The predicted octanol–water partition coefficient (Wildman–Crippen LogP) is 5.05. The van der Waals surface area contributed by atoms with E-state index in [0.29, 0.717) is 16.3 Å². The molecule has 0 aliphatic carbocycles. The summed E-state index contributed by atoms with van der Waals surface area (Å²) >= 11 is 3.42. The molecule has 2 atom stereocenters. The first-order valence-electron chi connectivity index (χ1n) is 12.7. The van der Waals surface area contributed by atoms with Gasteiger partial charge in [0, 0.05) is 29.5 Å². The van der Waals surface area contributed by atoms with Crippen LogP contribution in [0.2, 0.25) is 0 Å². The Morgan fingerprint density at radius 2 is 1.62 bits per heavy atom. The van der Waals surface area contributed by atoms with Crippen LogP contribution in [0.1, 0.15) is 31.4 Å². The van der Waals surface area contributed by atoms with Crippen molar-refractivity contribution in [2.75, 3.05) is 17.1 Å². The van der Waals surface area contributed by atoms with Gasteiger partial charge in [-0.05, 0) is 48.7 Å². The van der Waals surface area contributed by atoms with Crippen LogP contribution in [0, 0.1) is 11.6 Å². The summed E-state index contributed by atoms with van der Waals surface area (Å²) in [6.45, 7) is 3.05. The highest BCUT2D eigenvalue weighted by molar-refractivity contribution is 9.10. The first-order chi connectivity index (χ1) is 18.9. The van der Waals surface area contributed by atoms with E-state index in [-0.39, 0.29) is 30.6 Å². The fraction of sp³-hybridized carbons (Fsp3) is 0.310. The van der Waals surface area contributed by atoms with Crippen LogP contribution in [0.3, 0.4) is 0 Å². The Bertz CT molecular complexity index is 1440. The van der Waals surface area contributed by atoms with Gasteiger partial charge in [-0.1, -0.05) is 65.3 Å². The van der Waals surface area contributed by atoms with E-state index in [4.69, 9.17) is 0 Å². The molecule has 3 aromatic carbocycles. The third-order valence-corrected chi connectivity index (χ3v) is 8.02. The van der Waals surface area contributed by atoms with E-state index >= 15 is 0 Å². The molecule has 214 valence electrons. The van der Waals surface area contributed by atoms with Crippen molar-refractivity contribution < 1.29 is 26.8 Å². The lowest BCUT2D eigenvalue weighted by Gasteiger charge is -2.34. The van der Waals surface area contributed by atoms with Gasteiger partial charge in [0.1, 0.15) is 12.6 Å². The summed E-state index contributed by atoms with van der Waals surface area (Å²) in [6, 6.07) is 17.8. The van der Waals surface area contributed by atoms with Crippen LogP contribution in [-0.4, -0.2) is 50.0 Å². The molecule has 0 radical (unpaired) electrons. The van der Waals surface area contributed by atoms with E-state index in [1.807, 2.05) is 50.2 Å². The van der Waals surface area contributed by atoms with Crippen molar-refractivity contribution in [2.45, 2.75) is 45.3 Å². The van der Waals surface area contributed by atoms with E-state index in [1.165, 1.54) is 4.90 Å². The number of rotatable bonds is 12. The van der Waals surface area contributed by atoms with Gasteiger partial charge >= 0.3 is 0 Å². The second-order valence-electron chi connectivity index (χ2n) is 9.54. The predicted molar refractivity (Wildman–Crippen MR) is 155 cm³/mol. The van der Waals surface area contributed by atoms with Gasteiger partial charge in [0.2, 0.25) is 21.8 Å². The molecule has 3 aromatic rings. The minimum atomic E-state index is -4.09. The van der Waals surface area contributed by atoms with Crippen LogP contribution in [0.4, 0.5) is 14.5 Å². The number of nitrogens with one attached hydrogen (secondary N) is 1. The first-order valence-corrected chi connectivity index (χ1v) is 15.3. The molecule has 2 amide bonds. The third-order valence-electron chi connectivity index (χ3n) is 6.38. The molecule has 11 heteroatoms. The van der Waals surface area contributed by atoms with Crippen LogP contribution in [-0.2, 0) is 32.6 Å². The van der Waals surface area contributed by atoms with E-state index in [2.05, 4.69) is 21.2 Å². The van der Waals surface area contributed by atoms with Crippen LogP contribution in [0.15, 0.2) is 77.3 Å². The van der Waals surface area contributed by atoms with Crippen molar-refractivity contribution in [2.24, 2.45) is 0 Å². The summed E-state index contributed by atoms with van der Waals surface area (Å²) < 4.78 is 54.5. The van der Waals surface area contributed by atoms with Crippen molar-refractivity contribution in [3.63, 3.8) is 0 Å². The zero-order chi connectivity index (χ0) is 29.4. The van der Waals surface area contributed by atoms with E-state index in [9.17, 15) is 26.8 Å². The number of hydrogen-bond acceptors (Lipinski definition) is 4. The molecule has 3 rings (SSSR count). The first kappa shape index (κ1) is 31.2. The van der Waals surface area contributed by atoms with E-state index in [1.54, 1.807) is 18.2 Å². The average molecular weight is 637 g/mol. The molecule has 0 aliphatic rings. The van der Waals surface area contributed by atoms with Gasteiger partial charge in [-0.15, -0.1) is 0 Å². The zero-order valence-corrected chi connectivity index (χ0v) is 24.9. The lowest BCUT2D eigenvalue weighted by atomic mass is 10.0. The third kappa shape index (κ3) is 8.59. The normalized spacial score (nSPS) is 12.8. The van der Waals surface area contributed by atoms with Gasteiger partial charge in [0.15, 0.2) is 11.6 Å². The number of carbonyl (C=O) groups is 2. The number of sulfonamides is 1. The zero-order valence-electron chi connectivity index (χ0n) is 22.5. The molecule has 1 N–H and O–H groups in total. The lowest BCUT2D eigenvalue weighted by molar-refractivity contribution is -0.140. The Hall–Kier alpha value is -3.31. The summed E-state index contributed by atoms with van der Waals surface area (Å²) in [7, 11) is -4.09. The van der Waals surface area contributed by atoms with Gasteiger partial charge < -0.3 is 10.2 Å². The minimum absolute atomic E-state index is 0.000912. The Balaban J connectivity index is 2.07. The molecule has 0 spiro atoms. The van der Waals surface area contributed by atoms with Crippen LogP contribution >= 0.6 is 15.9 Å². The Kier molecular flexibility index (Phi) is 10.8. The smallest absolute Gasteiger partial charge is 0.244 e. The molecule has 0 heterocycles. The van der Waals surface area contributed by atoms with Gasteiger partial charge in [0.25, 0.3) is 0 Å². The molecule has 0 unspecified atom stereocenters. The number of amides is 2. The second-order valence-corrected chi connectivity index (χ2v) is 12.4. The number of halogens is 3. The molecule has 0 saturated heterocycles. The van der Waals surface area contributed by atoms with Crippen molar-refractivity contribution in [3.05, 3.63) is 100 Å². The lowest BCUT2D eigenvalue weighted by Crippen LogP contribution is -2.54. The van der Waals surface area contributed by atoms with Crippen LogP contribution in [0.25, 0.3) is 0 Å². The van der Waals surface area contributed by atoms with Crippen molar-refractivity contribution >= 4 is 43.5 Å². The summed E-state index contributed by atoms with van der Waals surface area (Å²) in [6.07, 6.45) is 1.71. The van der Waals surface area contributed by atoms with Gasteiger partial charge in [-0.3, -0.25) is 13.9 Å². The summed E-state index contributed by atoms with van der Waals surface area (Å²) in [5.41, 5.74) is 1.30. The number of benzene rings is 3. The maximum absolute atomic E-state index is 14.0. The number of anilines is 1. The van der Waals surface area contributed by atoms with Crippen molar-refractivity contribution in [3.8, 4) is 0 Å². The summed E-state index contributed by atoms with van der Waals surface area (Å²) in [4.78, 5) is 28.9. The minimum Gasteiger partial charge on any atom is -0.352 e. The number of hydrogen-bond donors (Lipinski definition) is 1. The molecular formula is C29H32BrF2N3O4S. The van der Waals surface area contributed by atoms with E-state index < -0.39 is 40.2 Å². The highest BCUT2D eigenvalue weighted by Crippen LogP contribution is 2.23. The van der Waals surface area contributed by atoms with Gasteiger partial charge in [-0.25, -0.2) is 17.2 Å². The molecule has 0 saturated carbocycles. The van der Waals surface area contributed by atoms with Gasteiger partial charge in [-0.2, -0.15) is 0 Å². The Labute approximate surface area is 242 Å². The molecule has 0 aromatic heterocycles. The van der Waals surface area contributed by atoms with Gasteiger partial charge in [0.05, 0.1) is 11.9 Å². The molecule has 40 heavy (non-hydrogen) atoms. The fourth-order valence-electron chi connectivity index (χ4n) is 4.08. The van der Waals surface area contributed by atoms with Crippen LogP contribution in [0.5, 0.6) is 0 Å². The largest absolute Gasteiger partial charge is 0.352 e. The molecule has 0 bridgehead atoms. The SMILES string of the molecule is CC[C@@H](C)NC(=O)[C@@H](Cc1ccccc1)N(Cc1cccc(Br)c1)C(=O)CN(c1ccc(F)c(F)c1)S(C)(=O)=O. The maximum Gasteiger partial charge on any atom is 0.244 e. The average Bonchev–Trinajstić information content (AvgIpc) is 2.90. The standard InChI is InChI=1S/C29H32BrF2N3O4S/c1-4-20(2)33-29(37)27(16-21-9-6-5-7-10-21)34(18-22-11-8-12-23(30)15-22)28(36)19-35(40(3,38)39)24-13-14-25(31)26(32)17-24/h5-15,17,20,27H,4,16,18-19H2,1-3H3,(H,33,37)/t20-,27-/m1/s1. The number of carbonyl (C=O) groups excluding carboxylic acids is 2.